The zero-order valence-corrected chi connectivity index (χ0v) is 20.5. The molecule has 0 saturated carbocycles. The van der Waals surface area contributed by atoms with Crippen LogP contribution in [0.15, 0.2) is 71.8 Å². The number of aromatic nitrogens is 1. The number of benzene rings is 3. The number of nitrogens with one attached hydrogen (secondary N) is 2. The zero-order valence-electron chi connectivity index (χ0n) is 19.7. The van der Waals surface area contributed by atoms with Crippen LogP contribution in [-0.4, -0.2) is 21.4 Å². The first-order valence-corrected chi connectivity index (χ1v) is 12.4. The summed E-state index contributed by atoms with van der Waals surface area (Å²) in [4.78, 5) is 3.43. The highest BCUT2D eigenvalue weighted by molar-refractivity contribution is 7.83. The first-order valence-electron chi connectivity index (χ1n) is 11.2. The summed E-state index contributed by atoms with van der Waals surface area (Å²) >= 11 is 0. The van der Waals surface area contributed by atoms with Crippen LogP contribution in [0.1, 0.15) is 27.8 Å². The maximum absolute atomic E-state index is 14.1. The van der Waals surface area contributed by atoms with Gasteiger partial charge in [-0.15, -0.1) is 0 Å². The summed E-state index contributed by atoms with van der Waals surface area (Å²) in [6.45, 7) is 5.70. The molecule has 8 heteroatoms. The number of aryl methyl sites for hydroxylation is 3. The Kier molecular flexibility index (Phi) is 7.33. The highest BCUT2D eigenvalue weighted by Gasteiger charge is 2.41. The number of halogens is 3. The molecule has 0 spiro atoms. The summed E-state index contributed by atoms with van der Waals surface area (Å²) in [5.74, 6) is 0.495. The Morgan fingerprint density at radius 2 is 1.69 bits per heavy atom. The van der Waals surface area contributed by atoms with Crippen LogP contribution in [0.5, 0.6) is 5.75 Å². The third kappa shape index (κ3) is 5.77. The number of fused-ring (bicyclic) bond motifs is 1. The maximum atomic E-state index is 14.1. The molecule has 2 N–H and O–H groups in total. The second-order valence-electron chi connectivity index (χ2n) is 8.68. The molecule has 0 bridgehead atoms. The van der Waals surface area contributed by atoms with Gasteiger partial charge in [0.25, 0.3) is 0 Å². The lowest BCUT2D eigenvalue weighted by molar-refractivity contribution is -0.150. The molecule has 2 unspecified atom stereocenters. The molecule has 35 heavy (non-hydrogen) atoms. The van der Waals surface area contributed by atoms with Gasteiger partial charge >= 0.3 is 6.18 Å². The predicted molar refractivity (Wildman–Crippen MR) is 133 cm³/mol. The van der Waals surface area contributed by atoms with Crippen LogP contribution in [-0.2, 0) is 24.0 Å². The molecule has 4 rings (SSSR count). The number of hydrogen-bond donors (Lipinski definition) is 2. The van der Waals surface area contributed by atoms with Gasteiger partial charge in [0.1, 0.15) is 29.4 Å². The summed E-state index contributed by atoms with van der Waals surface area (Å²) in [6, 6.07) is 16.5. The third-order valence-electron chi connectivity index (χ3n) is 5.84. The molecule has 0 fully saturated rings. The minimum atomic E-state index is -4.61. The Bertz CT molecular complexity index is 1330. The predicted octanol–water partition coefficient (Wildman–Crippen LogP) is 6.46. The van der Waals surface area contributed by atoms with Gasteiger partial charge in [-0.3, -0.25) is 0 Å². The Balaban J connectivity index is 1.61. The summed E-state index contributed by atoms with van der Waals surface area (Å²) in [6.07, 6.45) is -3.44. The molecule has 4 aromatic rings. The second-order valence-corrected chi connectivity index (χ2v) is 9.86. The monoisotopic (exact) mass is 500 g/mol. The highest BCUT2D eigenvalue weighted by Crippen LogP contribution is 2.33. The quantitative estimate of drug-likeness (QED) is 0.292. The molecular formula is C27H27F3N2O2S. The van der Waals surface area contributed by atoms with Gasteiger partial charge < -0.3 is 9.72 Å². The molecule has 0 radical (unpaired) electrons. The van der Waals surface area contributed by atoms with Crippen molar-refractivity contribution in [2.45, 2.75) is 50.9 Å². The second kappa shape index (κ2) is 10.3. The van der Waals surface area contributed by atoms with E-state index in [1.807, 2.05) is 49.4 Å². The number of rotatable bonds is 8. The minimum absolute atomic E-state index is 0.293. The lowest BCUT2D eigenvalue weighted by Gasteiger charge is -2.22. The minimum Gasteiger partial charge on any atom is -0.488 e. The molecule has 2 atom stereocenters. The summed E-state index contributed by atoms with van der Waals surface area (Å²) < 4.78 is 63.6. The van der Waals surface area contributed by atoms with Crippen LogP contribution < -0.4 is 9.46 Å². The van der Waals surface area contributed by atoms with Crippen LogP contribution in [0.3, 0.4) is 0 Å². The van der Waals surface area contributed by atoms with Crippen LogP contribution in [0.2, 0.25) is 0 Å². The normalized spacial score (nSPS) is 13.7. The van der Waals surface area contributed by atoms with E-state index in [0.29, 0.717) is 44.8 Å². The SMILES string of the molecule is Cc1cc(C)c(S(=O)NC(Cc2c[nH]c3cccc(OCc4ccccc4)c23)C(F)(F)F)c(C)c1. The first-order chi connectivity index (χ1) is 16.6. The molecular weight excluding hydrogens is 473 g/mol. The van der Waals surface area contributed by atoms with Crippen LogP contribution >= 0.6 is 0 Å². The average Bonchev–Trinajstić information content (AvgIpc) is 3.20. The topological polar surface area (TPSA) is 54.1 Å². The number of hydrogen-bond acceptors (Lipinski definition) is 2. The molecule has 1 aromatic heterocycles. The standard InChI is InChI=1S/C27H27F3N2O2S/c1-17-12-18(2)26(19(3)13-17)35(33)32-24(27(28,29)30)14-21-15-31-22-10-7-11-23(25(21)22)34-16-20-8-5-4-6-9-20/h4-13,15,24,31-32H,14,16H2,1-3H3. The van der Waals surface area contributed by atoms with Crippen molar-refractivity contribution in [2.24, 2.45) is 0 Å². The van der Waals surface area contributed by atoms with E-state index in [0.717, 1.165) is 11.1 Å². The summed E-state index contributed by atoms with van der Waals surface area (Å²) in [5.41, 5.74) is 4.42. The lowest BCUT2D eigenvalue weighted by Crippen LogP contribution is -2.44. The van der Waals surface area contributed by atoms with Gasteiger partial charge in [-0.1, -0.05) is 54.1 Å². The molecule has 0 aliphatic heterocycles. The van der Waals surface area contributed by atoms with Crippen molar-refractivity contribution in [3.8, 4) is 5.75 Å². The van der Waals surface area contributed by atoms with Crippen molar-refractivity contribution in [3.63, 3.8) is 0 Å². The van der Waals surface area contributed by atoms with E-state index < -0.39 is 29.6 Å². The van der Waals surface area contributed by atoms with Gasteiger partial charge in [0.05, 0.1) is 4.90 Å². The molecule has 4 nitrogen and oxygen atoms in total. The maximum Gasteiger partial charge on any atom is 0.405 e. The van der Waals surface area contributed by atoms with Crippen LogP contribution in [0.4, 0.5) is 13.2 Å². The van der Waals surface area contributed by atoms with Gasteiger partial charge in [0.2, 0.25) is 0 Å². The van der Waals surface area contributed by atoms with Crippen molar-refractivity contribution in [1.29, 1.82) is 0 Å². The summed E-state index contributed by atoms with van der Waals surface area (Å²) in [7, 11) is -2.03. The fraction of sp³-hybridized carbons (Fsp3) is 0.259. The number of alkyl halides is 3. The average molecular weight is 501 g/mol. The van der Waals surface area contributed by atoms with Gasteiger partial charge in [-0.25, -0.2) is 8.93 Å². The molecule has 1 heterocycles. The van der Waals surface area contributed by atoms with Gasteiger partial charge in [0.15, 0.2) is 0 Å². The molecule has 0 saturated heterocycles. The van der Waals surface area contributed by atoms with Crippen molar-refractivity contribution >= 4 is 21.9 Å². The van der Waals surface area contributed by atoms with Gasteiger partial charge in [-0.05, 0) is 61.6 Å². The smallest absolute Gasteiger partial charge is 0.405 e. The highest BCUT2D eigenvalue weighted by atomic mass is 32.2. The Hall–Kier alpha value is -3.10. The molecule has 0 amide bonds. The van der Waals surface area contributed by atoms with E-state index in [1.165, 1.54) is 0 Å². The van der Waals surface area contributed by atoms with Gasteiger partial charge in [-0.2, -0.15) is 13.2 Å². The first kappa shape index (κ1) is 25.0. The van der Waals surface area contributed by atoms with Crippen molar-refractivity contribution in [1.82, 2.24) is 9.71 Å². The van der Waals surface area contributed by atoms with E-state index in [9.17, 15) is 17.4 Å². The number of aromatic amines is 1. The van der Waals surface area contributed by atoms with E-state index in [-0.39, 0.29) is 0 Å². The number of ether oxygens (including phenoxy) is 1. The van der Waals surface area contributed by atoms with Crippen LogP contribution in [0.25, 0.3) is 10.9 Å². The number of H-pyrrole nitrogens is 1. The molecule has 3 aromatic carbocycles. The fourth-order valence-electron chi connectivity index (χ4n) is 4.33. The molecule has 0 aliphatic carbocycles. The van der Waals surface area contributed by atoms with E-state index in [1.54, 1.807) is 38.2 Å². The Morgan fingerprint density at radius 3 is 2.34 bits per heavy atom. The summed E-state index contributed by atoms with van der Waals surface area (Å²) in [5, 5.41) is 0.591. The van der Waals surface area contributed by atoms with Crippen LogP contribution in [0, 0.1) is 20.8 Å². The third-order valence-corrected chi connectivity index (χ3v) is 7.36. The van der Waals surface area contributed by atoms with E-state index in [2.05, 4.69) is 9.71 Å². The van der Waals surface area contributed by atoms with E-state index >= 15 is 0 Å². The lowest BCUT2D eigenvalue weighted by atomic mass is 10.0. The van der Waals surface area contributed by atoms with Crippen molar-refractivity contribution < 1.29 is 22.1 Å². The van der Waals surface area contributed by atoms with E-state index in [4.69, 9.17) is 4.74 Å². The van der Waals surface area contributed by atoms with Gasteiger partial charge in [0, 0.05) is 17.1 Å². The van der Waals surface area contributed by atoms with Crippen molar-refractivity contribution in [3.05, 3.63) is 94.7 Å². The fourth-order valence-corrected chi connectivity index (χ4v) is 5.62. The Labute approximate surface area is 205 Å². The molecule has 184 valence electrons. The largest absolute Gasteiger partial charge is 0.488 e. The molecule has 0 aliphatic rings. The van der Waals surface area contributed by atoms with Crippen molar-refractivity contribution in [2.75, 3.05) is 0 Å². The Morgan fingerprint density at radius 1 is 1.00 bits per heavy atom. The zero-order chi connectivity index (χ0) is 25.2.